The van der Waals surface area contributed by atoms with Gasteiger partial charge in [-0.05, 0) is 40.6 Å². The zero-order valence-corrected chi connectivity index (χ0v) is 14.7. The summed E-state index contributed by atoms with van der Waals surface area (Å²) in [7, 11) is 0. The molecule has 4 heteroatoms. The summed E-state index contributed by atoms with van der Waals surface area (Å²) >= 11 is 0. The maximum absolute atomic E-state index is 12.0. The Morgan fingerprint density at radius 2 is 1.67 bits per heavy atom. The first-order chi connectivity index (χ1) is 13.3. The van der Waals surface area contributed by atoms with E-state index in [0.29, 0.717) is 6.42 Å². The van der Waals surface area contributed by atoms with Crippen molar-refractivity contribution in [1.29, 1.82) is 0 Å². The molecule has 4 nitrogen and oxygen atoms in total. The Balaban J connectivity index is 1.48. The van der Waals surface area contributed by atoms with Gasteiger partial charge in [0, 0.05) is 11.9 Å². The highest BCUT2D eigenvalue weighted by atomic mass is 16.2. The number of amides is 1. The molecular formula is C23H19N3O. The molecule has 0 saturated heterocycles. The molecule has 1 N–H and O–H groups in total. The van der Waals surface area contributed by atoms with E-state index in [1.165, 1.54) is 10.8 Å². The van der Waals surface area contributed by atoms with Crippen molar-refractivity contribution in [1.82, 2.24) is 9.99 Å². The maximum atomic E-state index is 12.0. The topological polar surface area (TPSA) is 46.4 Å². The summed E-state index contributed by atoms with van der Waals surface area (Å²) < 4.78 is 2.04. The maximum Gasteiger partial charge on any atom is 0.244 e. The van der Waals surface area contributed by atoms with Gasteiger partial charge in [-0.2, -0.15) is 5.10 Å². The highest BCUT2D eigenvalue weighted by Crippen LogP contribution is 2.19. The zero-order valence-electron chi connectivity index (χ0n) is 14.7. The predicted octanol–water partition coefficient (Wildman–Crippen LogP) is 4.32. The van der Waals surface area contributed by atoms with E-state index >= 15 is 0 Å². The summed E-state index contributed by atoms with van der Waals surface area (Å²) in [6.45, 7) is 0. The van der Waals surface area contributed by atoms with E-state index in [2.05, 4.69) is 40.9 Å². The number of nitrogens with zero attached hydrogens (tertiary/aromatic N) is 2. The molecule has 0 spiro atoms. The summed E-state index contributed by atoms with van der Waals surface area (Å²) in [6.07, 6.45) is 3.96. The first-order valence-corrected chi connectivity index (χ1v) is 8.82. The number of aromatic nitrogens is 1. The zero-order chi connectivity index (χ0) is 18.5. The molecule has 4 aromatic rings. The van der Waals surface area contributed by atoms with E-state index in [1.807, 2.05) is 65.4 Å². The van der Waals surface area contributed by atoms with Crippen LogP contribution in [0.5, 0.6) is 0 Å². The van der Waals surface area contributed by atoms with Crippen molar-refractivity contribution in [2.75, 3.05) is 0 Å². The second kappa shape index (κ2) is 7.70. The van der Waals surface area contributed by atoms with Gasteiger partial charge in [-0.25, -0.2) is 5.43 Å². The van der Waals surface area contributed by atoms with Crippen LogP contribution in [0.1, 0.15) is 11.3 Å². The molecule has 0 bridgehead atoms. The van der Waals surface area contributed by atoms with Crippen LogP contribution in [0.15, 0.2) is 96.2 Å². The summed E-state index contributed by atoms with van der Waals surface area (Å²) in [4.78, 5) is 12.0. The summed E-state index contributed by atoms with van der Waals surface area (Å²) in [6, 6.07) is 28.1. The first kappa shape index (κ1) is 16.8. The van der Waals surface area contributed by atoms with E-state index in [0.717, 1.165) is 16.9 Å². The molecule has 0 radical (unpaired) electrons. The number of carbonyl (C=O) groups is 1. The van der Waals surface area contributed by atoms with E-state index in [4.69, 9.17) is 0 Å². The lowest BCUT2D eigenvalue weighted by Gasteiger charge is -2.08. The number of rotatable bonds is 5. The quantitative estimate of drug-likeness (QED) is 0.421. The Labute approximate surface area is 157 Å². The average Bonchev–Trinajstić information content (AvgIpc) is 3.17. The third-order valence-corrected chi connectivity index (χ3v) is 4.39. The molecule has 27 heavy (non-hydrogen) atoms. The van der Waals surface area contributed by atoms with Gasteiger partial charge < -0.3 is 4.57 Å². The third-order valence-electron chi connectivity index (χ3n) is 4.39. The lowest BCUT2D eigenvalue weighted by molar-refractivity contribution is -0.120. The lowest BCUT2D eigenvalue weighted by atomic mass is 10.1. The molecular weight excluding hydrogens is 334 g/mol. The molecule has 0 saturated carbocycles. The molecule has 3 aromatic carbocycles. The van der Waals surface area contributed by atoms with Gasteiger partial charge in [0.1, 0.15) is 0 Å². The highest BCUT2D eigenvalue weighted by molar-refractivity contribution is 5.86. The molecule has 4 rings (SSSR count). The Kier molecular flexibility index (Phi) is 4.79. The molecule has 132 valence electrons. The Morgan fingerprint density at radius 1 is 0.889 bits per heavy atom. The van der Waals surface area contributed by atoms with Crippen LogP contribution in [-0.4, -0.2) is 16.7 Å². The smallest absolute Gasteiger partial charge is 0.244 e. The van der Waals surface area contributed by atoms with Crippen molar-refractivity contribution < 1.29 is 4.79 Å². The van der Waals surface area contributed by atoms with Gasteiger partial charge in [0.2, 0.25) is 5.91 Å². The monoisotopic (exact) mass is 353 g/mol. The van der Waals surface area contributed by atoms with Gasteiger partial charge in [0.05, 0.1) is 18.3 Å². The normalized spacial score (nSPS) is 11.1. The standard InChI is InChI=1S/C23H19N3O/c27-23(15-18-7-2-1-3-8-18)25-24-17-22-11-6-14-26(22)21-13-12-19-9-4-5-10-20(19)16-21/h1-14,16-17H,15H2,(H,25,27)/b24-17+. The minimum Gasteiger partial charge on any atom is -0.316 e. The predicted molar refractivity (Wildman–Crippen MR) is 109 cm³/mol. The van der Waals surface area contributed by atoms with Crippen LogP contribution < -0.4 is 5.43 Å². The number of hydrazone groups is 1. The van der Waals surface area contributed by atoms with Gasteiger partial charge in [-0.15, -0.1) is 0 Å². The summed E-state index contributed by atoms with van der Waals surface area (Å²) in [5.41, 5.74) is 5.50. The van der Waals surface area contributed by atoms with Gasteiger partial charge >= 0.3 is 0 Å². The van der Waals surface area contributed by atoms with Crippen molar-refractivity contribution in [3.63, 3.8) is 0 Å². The number of hydrogen-bond donors (Lipinski definition) is 1. The fourth-order valence-electron chi connectivity index (χ4n) is 3.05. The van der Waals surface area contributed by atoms with Crippen LogP contribution in [-0.2, 0) is 11.2 Å². The Hall–Kier alpha value is -3.66. The van der Waals surface area contributed by atoms with Crippen LogP contribution in [0, 0.1) is 0 Å². The van der Waals surface area contributed by atoms with Crippen LogP contribution in [0.25, 0.3) is 16.5 Å². The van der Waals surface area contributed by atoms with E-state index in [9.17, 15) is 4.79 Å². The molecule has 0 aliphatic rings. The van der Waals surface area contributed by atoms with E-state index in [-0.39, 0.29) is 5.91 Å². The molecule has 1 heterocycles. The largest absolute Gasteiger partial charge is 0.316 e. The second-order valence-electron chi connectivity index (χ2n) is 6.29. The van der Waals surface area contributed by atoms with Gasteiger partial charge in [0.15, 0.2) is 0 Å². The molecule has 0 unspecified atom stereocenters. The number of hydrogen-bond acceptors (Lipinski definition) is 2. The molecule has 0 atom stereocenters. The van der Waals surface area contributed by atoms with Crippen LogP contribution >= 0.6 is 0 Å². The highest BCUT2D eigenvalue weighted by Gasteiger charge is 2.04. The van der Waals surface area contributed by atoms with Crippen LogP contribution in [0.3, 0.4) is 0 Å². The minimum atomic E-state index is -0.138. The second-order valence-corrected chi connectivity index (χ2v) is 6.29. The van der Waals surface area contributed by atoms with Gasteiger partial charge in [-0.3, -0.25) is 4.79 Å². The van der Waals surface area contributed by atoms with Gasteiger partial charge in [0.25, 0.3) is 0 Å². The SMILES string of the molecule is O=C(Cc1ccccc1)N/N=C/c1cccn1-c1ccc2ccccc2c1. The van der Waals surface area contributed by atoms with Crippen LogP contribution in [0.2, 0.25) is 0 Å². The molecule has 1 amide bonds. The molecule has 1 aromatic heterocycles. The average molecular weight is 353 g/mol. The van der Waals surface area contributed by atoms with Crippen molar-refractivity contribution in [2.45, 2.75) is 6.42 Å². The van der Waals surface area contributed by atoms with E-state index in [1.54, 1.807) is 6.21 Å². The Bertz CT molecular complexity index is 1100. The summed E-state index contributed by atoms with van der Waals surface area (Å²) in [5.74, 6) is -0.138. The lowest BCUT2D eigenvalue weighted by Crippen LogP contribution is -2.19. The molecule has 0 aliphatic carbocycles. The fraction of sp³-hybridized carbons (Fsp3) is 0.0435. The minimum absolute atomic E-state index is 0.138. The number of benzene rings is 3. The van der Waals surface area contributed by atoms with Crippen LogP contribution in [0.4, 0.5) is 0 Å². The van der Waals surface area contributed by atoms with Crippen molar-refractivity contribution in [3.8, 4) is 5.69 Å². The first-order valence-electron chi connectivity index (χ1n) is 8.82. The number of carbonyl (C=O) groups excluding carboxylic acids is 1. The number of nitrogens with one attached hydrogen (secondary N) is 1. The summed E-state index contributed by atoms with van der Waals surface area (Å²) in [5, 5.41) is 6.50. The molecule has 0 fully saturated rings. The Morgan fingerprint density at radius 3 is 2.52 bits per heavy atom. The van der Waals surface area contributed by atoms with Crippen molar-refractivity contribution >= 4 is 22.9 Å². The van der Waals surface area contributed by atoms with Crippen molar-refractivity contribution in [3.05, 3.63) is 102 Å². The third kappa shape index (κ3) is 3.96. The molecule has 0 aliphatic heterocycles. The fourth-order valence-corrected chi connectivity index (χ4v) is 3.05. The number of fused-ring (bicyclic) bond motifs is 1. The van der Waals surface area contributed by atoms with E-state index < -0.39 is 0 Å². The van der Waals surface area contributed by atoms with Crippen molar-refractivity contribution in [2.24, 2.45) is 5.10 Å². The van der Waals surface area contributed by atoms with Gasteiger partial charge in [-0.1, -0.05) is 60.7 Å².